The smallest absolute Gasteiger partial charge is 0.417 e. The van der Waals surface area contributed by atoms with Crippen LogP contribution < -0.4 is 0 Å². The maximum atomic E-state index is 13.0. The monoisotopic (exact) mass is 474 g/mol. The quantitative estimate of drug-likeness (QED) is 0.549. The number of alkyl halides is 12. The fraction of sp³-hybridized carbons (Fsp3) is 0.333. The third-order valence-corrected chi connectivity index (χ3v) is 3.06. The highest BCUT2D eigenvalue weighted by molar-refractivity contribution is 5.99. The molecule has 0 atom stereocenters. The number of halogens is 13. The predicted molar refractivity (Wildman–Crippen MR) is 67.6 cm³/mol. The Morgan fingerprint density at radius 3 is 0.690 bits per heavy atom. The van der Waals surface area contributed by atoms with E-state index in [4.69, 9.17) is 10.2 Å². The van der Waals surface area contributed by atoms with Gasteiger partial charge in [0.15, 0.2) is 0 Å². The first kappa shape index (κ1) is 26.6. The van der Waals surface area contributed by atoms with Crippen LogP contribution in [0.25, 0.3) is 0 Å². The Bertz CT molecular complexity index is 710. The molecule has 1 rings (SSSR count). The van der Waals surface area contributed by atoms with Crippen molar-refractivity contribution in [1.82, 2.24) is 0 Å². The van der Waals surface area contributed by atoms with Crippen molar-refractivity contribution in [3.8, 4) is 0 Å². The molecule has 1 aromatic carbocycles. The normalized spacial score (nSPS) is 13.1. The van der Waals surface area contributed by atoms with Gasteiger partial charge in [0.1, 0.15) is 0 Å². The van der Waals surface area contributed by atoms with E-state index < -0.39 is 70.0 Å². The fourth-order valence-electron chi connectivity index (χ4n) is 2.31. The molecule has 0 unspecified atom stereocenters. The lowest BCUT2D eigenvalue weighted by Gasteiger charge is -2.27. The second-order valence-electron chi connectivity index (χ2n) is 4.85. The minimum atomic E-state index is -6.62. The molecule has 4 nitrogen and oxygen atoms in total. The zero-order chi connectivity index (χ0) is 22.6. The highest BCUT2D eigenvalue weighted by Gasteiger charge is 2.58. The second-order valence-corrected chi connectivity index (χ2v) is 4.85. The number of carboxylic acid groups (broad SMARTS) is 2. The van der Waals surface area contributed by atoms with Crippen LogP contribution in [0.2, 0.25) is 0 Å². The largest absolute Gasteiger partial charge is 0.478 e. The first-order valence-corrected chi connectivity index (χ1v) is 6.12. The van der Waals surface area contributed by atoms with Crippen molar-refractivity contribution in [3.63, 3.8) is 0 Å². The summed E-state index contributed by atoms with van der Waals surface area (Å²) in [7, 11) is 0. The lowest BCUT2D eigenvalue weighted by atomic mass is 9.84. The van der Waals surface area contributed by atoms with Gasteiger partial charge in [-0.3, -0.25) is 0 Å². The molecule has 0 aliphatic heterocycles. The van der Waals surface area contributed by atoms with Gasteiger partial charge in [0, 0.05) is 0 Å². The summed E-state index contributed by atoms with van der Waals surface area (Å²) in [5, 5.41) is 17.2. The zero-order valence-electron chi connectivity index (χ0n) is 12.7. The molecule has 0 bridgehead atoms. The SMILES string of the molecule is Cl.O=C(O)c1c(C(F)(F)F)c(C(F)(F)F)c(C(=O)O)c(C(F)(F)F)c1C(F)(F)F. The average molecular weight is 475 g/mol. The minimum absolute atomic E-state index is 0. The highest BCUT2D eigenvalue weighted by Crippen LogP contribution is 2.52. The van der Waals surface area contributed by atoms with Gasteiger partial charge in [-0.1, -0.05) is 0 Å². The summed E-state index contributed by atoms with van der Waals surface area (Å²) in [5.74, 6) is -6.87. The van der Waals surface area contributed by atoms with E-state index in [2.05, 4.69) is 0 Å². The summed E-state index contributed by atoms with van der Waals surface area (Å²) >= 11 is 0. The van der Waals surface area contributed by atoms with Crippen LogP contribution >= 0.6 is 12.4 Å². The Labute approximate surface area is 156 Å². The minimum Gasteiger partial charge on any atom is -0.478 e. The predicted octanol–water partition coefficient (Wildman–Crippen LogP) is 5.58. The van der Waals surface area contributed by atoms with Crippen LogP contribution in [0, 0.1) is 0 Å². The molecule has 0 radical (unpaired) electrons. The molecule has 0 heterocycles. The molecule has 0 fully saturated rings. The van der Waals surface area contributed by atoms with E-state index in [0.29, 0.717) is 0 Å². The molecule has 0 amide bonds. The molecule has 0 aromatic heterocycles. The molecule has 0 saturated carbocycles. The maximum absolute atomic E-state index is 13.0. The maximum Gasteiger partial charge on any atom is 0.417 e. The van der Waals surface area contributed by atoms with Crippen LogP contribution in [0.5, 0.6) is 0 Å². The summed E-state index contributed by atoms with van der Waals surface area (Å²) in [6.07, 6.45) is -26.5. The van der Waals surface area contributed by atoms with Crippen molar-refractivity contribution in [1.29, 1.82) is 0 Å². The number of hydrogen-bond acceptors (Lipinski definition) is 2. The lowest BCUT2D eigenvalue weighted by molar-refractivity contribution is -0.172. The Morgan fingerprint density at radius 1 is 0.483 bits per heavy atom. The van der Waals surface area contributed by atoms with E-state index >= 15 is 0 Å². The van der Waals surface area contributed by atoms with Crippen molar-refractivity contribution in [3.05, 3.63) is 33.4 Å². The average Bonchev–Trinajstić information content (AvgIpc) is 2.39. The molecule has 29 heavy (non-hydrogen) atoms. The number of hydrogen-bond donors (Lipinski definition) is 2. The molecule has 17 heteroatoms. The highest BCUT2D eigenvalue weighted by atomic mass is 35.5. The third-order valence-electron chi connectivity index (χ3n) is 3.06. The summed E-state index contributed by atoms with van der Waals surface area (Å²) in [6.45, 7) is 0. The summed E-state index contributed by atoms with van der Waals surface area (Å²) < 4.78 is 156. The van der Waals surface area contributed by atoms with Crippen LogP contribution in [0.4, 0.5) is 52.7 Å². The van der Waals surface area contributed by atoms with E-state index in [0.717, 1.165) is 0 Å². The van der Waals surface area contributed by atoms with Crippen molar-refractivity contribution in [2.45, 2.75) is 24.7 Å². The summed E-state index contributed by atoms with van der Waals surface area (Å²) in [4.78, 5) is 21.8. The van der Waals surface area contributed by atoms with E-state index in [1.807, 2.05) is 0 Å². The van der Waals surface area contributed by atoms with Gasteiger partial charge in [-0.15, -0.1) is 12.4 Å². The molecular weight excluding hydrogens is 472 g/mol. The number of benzene rings is 1. The standard InChI is InChI=1S/C12H2F12O4.ClH/c13-9(14,15)3-1(7(25)26)4(10(16,17)18)6(12(22,23)24)2(8(27)28)5(3)11(19,20)21;/h(H,25,26)(H,27,28);1H. The summed E-state index contributed by atoms with van der Waals surface area (Å²) in [6, 6.07) is 0. The van der Waals surface area contributed by atoms with E-state index in [9.17, 15) is 62.3 Å². The second kappa shape index (κ2) is 7.46. The lowest BCUT2D eigenvalue weighted by Crippen LogP contribution is -2.33. The molecule has 0 aliphatic rings. The molecule has 0 spiro atoms. The number of carbonyl (C=O) groups is 2. The van der Waals surface area contributed by atoms with Gasteiger partial charge in [-0.2, -0.15) is 52.7 Å². The molecule has 0 saturated heterocycles. The van der Waals surface area contributed by atoms with Gasteiger partial charge in [-0.25, -0.2) is 9.59 Å². The van der Waals surface area contributed by atoms with Crippen LogP contribution in [0.3, 0.4) is 0 Å². The van der Waals surface area contributed by atoms with Crippen molar-refractivity contribution < 1.29 is 72.5 Å². The van der Waals surface area contributed by atoms with Gasteiger partial charge in [0.25, 0.3) is 0 Å². The van der Waals surface area contributed by atoms with E-state index in [1.54, 1.807) is 0 Å². The van der Waals surface area contributed by atoms with Crippen molar-refractivity contribution in [2.75, 3.05) is 0 Å². The van der Waals surface area contributed by atoms with Gasteiger partial charge >= 0.3 is 36.6 Å². The third kappa shape index (κ3) is 4.97. The van der Waals surface area contributed by atoms with E-state index in [-0.39, 0.29) is 12.4 Å². The van der Waals surface area contributed by atoms with Gasteiger partial charge in [0.05, 0.1) is 33.4 Å². The first-order valence-electron chi connectivity index (χ1n) is 6.12. The molecule has 1 aromatic rings. The van der Waals surface area contributed by atoms with Crippen LogP contribution in [-0.2, 0) is 24.7 Å². The summed E-state index contributed by atoms with van der Waals surface area (Å²) in [5.41, 5.74) is -21.7. The van der Waals surface area contributed by atoms with Gasteiger partial charge < -0.3 is 10.2 Å². The van der Waals surface area contributed by atoms with Crippen LogP contribution in [0.15, 0.2) is 0 Å². The molecule has 0 aliphatic carbocycles. The van der Waals surface area contributed by atoms with Crippen LogP contribution in [0.1, 0.15) is 43.0 Å². The van der Waals surface area contributed by atoms with Crippen molar-refractivity contribution >= 4 is 24.3 Å². The van der Waals surface area contributed by atoms with E-state index in [1.165, 1.54) is 0 Å². The number of rotatable bonds is 2. The fourth-order valence-corrected chi connectivity index (χ4v) is 2.31. The van der Waals surface area contributed by atoms with Crippen LogP contribution in [-0.4, -0.2) is 22.2 Å². The molecule has 166 valence electrons. The zero-order valence-corrected chi connectivity index (χ0v) is 13.5. The Kier molecular flexibility index (Phi) is 6.84. The Balaban J connectivity index is 0.00000784. The van der Waals surface area contributed by atoms with Crippen molar-refractivity contribution in [2.24, 2.45) is 0 Å². The topological polar surface area (TPSA) is 74.6 Å². The Hall–Kier alpha value is -2.39. The first-order chi connectivity index (χ1) is 12.1. The number of carboxylic acids is 2. The Morgan fingerprint density at radius 2 is 0.621 bits per heavy atom. The van der Waals surface area contributed by atoms with Gasteiger partial charge in [0.2, 0.25) is 0 Å². The number of aromatic carboxylic acids is 2. The molecular formula is C12H3ClF12O4. The molecule has 2 N–H and O–H groups in total. The van der Waals surface area contributed by atoms with Gasteiger partial charge in [-0.05, 0) is 0 Å².